The SMILES string of the molecule is COC(=O)C(N)CSC1CCCC(SCC(N)OC(C)=O)CCC(SCC(N)C(=O)OC)C(SCC(N)C(=O)OC)CCCCC(SCC(N)C(=O)OC)C(SCC(N)C(=O)OC)C1. The molecule has 1 aliphatic rings. The van der Waals surface area contributed by atoms with Gasteiger partial charge in [-0.1, -0.05) is 19.3 Å². The minimum Gasteiger partial charge on any atom is -0.468 e. The number of rotatable bonds is 24. The molecule has 0 aromatic rings. The zero-order valence-electron chi connectivity index (χ0n) is 38.1. The summed E-state index contributed by atoms with van der Waals surface area (Å²) in [5.41, 5.74) is 37.5. The molecule has 64 heavy (non-hydrogen) atoms. The summed E-state index contributed by atoms with van der Waals surface area (Å²) < 4.78 is 29.9. The van der Waals surface area contributed by atoms with Gasteiger partial charge in [0.1, 0.15) is 30.2 Å². The van der Waals surface area contributed by atoms with E-state index in [1.165, 1.54) is 42.5 Å². The molecule has 12 N–H and O–H groups in total. The third-order valence-electron chi connectivity index (χ3n) is 10.2. The van der Waals surface area contributed by atoms with Gasteiger partial charge < -0.3 is 57.1 Å². The van der Waals surface area contributed by atoms with Crippen LogP contribution in [0.25, 0.3) is 0 Å². The van der Waals surface area contributed by atoms with Crippen LogP contribution in [-0.2, 0) is 57.2 Å². The molecule has 1 rings (SSSR count). The maximum absolute atomic E-state index is 12.5. The maximum atomic E-state index is 12.5. The van der Waals surface area contributed by atoms with Crippen LogP contribution in [0.3, 0.4) is 0 Å². The first-order chi connectivity index (χ1) is 30.4. The van der Waals surface area contributed by atoms with Gasteiger partial charge in [-0.3, -0.25) is 34.5 Å². The molecular formula is C40H74N6O12S6. The van der Waals surface area contributed by atoms with Crippen molar-refractivity contribution in [3.63, 3.8) is 0 Å². The van der Waals surface area contributed by atoms with Gasteiger partial charge in [0, 0.05) is 72.9 Å². The van der Waals surface area contributed by atoms with E-state index >= 15 is 0 Å². The lowest BCUT2D eigenvalue weighted by molar-refractivity contribution is -0.145. The van der Waals surface area contributed by atoms with Gasteiger partial charge in [-0.05, 0) is 44.9 Å². The van der Waals surface area contributed by atoms with E-state index < -0.39 is 72.3 Å². The fraction of sp³-hybridized carbons (Fsp3) is 0.850. The van der Waals surface area contributed by atoms with Gasteiger partial charge >= 0.3 is 35.8 Å². The first-order valence-corrected chi connectivity index (χ1v) is 27.5. The Bertz CT molecular complexity index is 1400. The minimum atomic E-state index is -0.871. The molecule has 0 aromatic carbocycles. The molecule has 372 valence electrons. The van der Waals surface area contributed by atoms with E-state index in [2.05, 4.69) is 0 Å². The highest BCUT2D eigenvalue weighted by Crippen LogP contribution is 2.39. The molecule has 0 bridgehead atoms. The summed E-state index contributed by atoms with van der Waals surface area (Å²) in [5, 5.41) is -0.0473. The summed E-state index contributed by atoms with van der Waals surface area (Å²) in [7, 11) is 6.50. The van der Waals surface area contributed by atoms with Crippen LogP contribution >= 0.6 is 70.6 Å². The summed E-state index contributed by atoms with van der Waals surface area (Å²) in [6.45, 7) is 1.32. The summed E-state index contributed by atoms with van der Waals surface area (Å²) in [6.07, 6.45) is 6.71. The Hall–Kier alpha value is -1.32. The van der Waals surface area contributed by atoms with Gasteiger partial charge in [-0.25, -0.2) is 0 Å². The highest BCUT2D eigenvalue weighted by Gasteiger charge is 2.32. The summed E-state index contributed by atoms with van der Waals surface area (Å²) in [5.74, 6) is -1.16. The zero-order valence-corrected chi connectivity index (χ0v) is 43.0. The van der Waals surface area contributed by atoms with Gasteiger partial charge in [0.25, 0.3) is 0 Å². The maximum Gasteiger partial charge on any atom is 0.323 e. The van der Waals surface area contributed by atoms with Crippen LogP contribution in [0.1, 0.15) is 71.1 Å². The monoisotopic (exact) mass is 1020 g/mol. The van der Waals surface area contributed by atoms with E-state index in [0.717, 1.165) is 57.8 Å². The van der Waals surface area contributed by atoms with Crippen molar-refractivity contribution < 1.29 is 57.2 Å². The van der Waals surface area contributed by atoms with Crippen molar-refractivity contribution >= 4 is 106 Å². The molecular weight excluding hydrogens is 949 g/mol. The van der Waals surface area contributed by atoms with Crippen molar-refractivity contribution in [3.05, 3.63) is 0 Å². The van der Waals surface area contributed by atoms with Gasteiger partial charge in [0.15, 0.2) is 6.23 Å². The van der Waals surface area contributed by atoms with Crippen LogP contribution in [-0.4, -0.2) is 174 Å². The van der Waals surface area contributed by atoms with Gasteiger partial charge in [-0.15, -0.1) is 0 Å². The lowest BCUT2D eigenvalue weighted by Gasteiger charge is -2.33. The lowest BCUT2D eigenvalue weighted by atomic mass is 9.99. The zero-order chi connectivity index (χ0) is 48.2. The standard InChI is InChI=1S/C40H74N6O12S6/c1-23(47)58-35(46)22-60-24-10-9-11-25(59-17-26(41)36(48)53-2)16-34(64-21-30(45)40(52)57-6)32(62-19-28(43)38(50)55-4)13-8-7-12-31(61-18-27(42)37(49)54-3)33(15-14-24)63-20-29(44)39(51)56-5/h24-35H,7-22,41-46H2,1-6H3. The van der Waals surface area contributed by atoms with Crippen molar-refractivity contribution in [1.82, 2.24) is 0 Å². The number of ether oxygens (including phenoxy) is 6. The smallest absolute Gasteiger partial charge is 0.323 e. The van der Waals surface area contributed by atoms with Gasteiger partial charge in [-0.2, -0.15) is 70.6 Å². The average Bonchev–Trinajstić information content (AvgIpc) is 3.28. The Kier molecular flexibility index (Phi) is 33.1. The number of esters is 6. The number of hydrogen-bond donors (Lipinski definition) is 6. The van der Waals surface area contributed by atoms with Crippen LogP contribution in [0.15, 0.2) is 0 Å². The Morgan fingerprint density at radius 3 is 1.14 bits per heavy atom. The number of carbonyl (C=O) groups excluding carboxylic acids is 6. The molecule has 0 spiro atoms. The Labute approximate surface area is 404 Å². The molecule has 12 atom stereocenters. The molecule has 12 unspecified atom stereocenters. The van der Waals surface area contributed by atoms with Crippen molar-refractivity contribution in [2.45, 2.75) is 139 Å². The van der Waals surface area contributed by atoms with Crippen LogP contribution < -0.4 is 34.4 Å². The highest BCUT2D eigenvalue weighted by atomic mass is 32.2. The Morgan fingerprint density at radius 1 is 0.422 bits per heavy atom. The van der Waals surface area contributed by atoms with E-state index in [9.17, 15) is 28.8 Å². The number of nitrogens with two attached hydrogens (primary N) is 6. The highest BCUT2D eigenvalue weighted by molar-refractivity contribution is 8.04. The number of carbonyl (C=O) groups is 6. The molecule has 18 nitrogen and oxygen atoms in total. The molecule has 24 heteroatoms. The van der Waals surface area contributed by atoms with Crippen molar-refractivity contribution in [2.75, 3.05) is 70.1 Å². The van der Waals surface area contributed by atoms with Crippen LogP contribution in [0.4, 0.5) is 0 Å². The fourth-order valence-electron chi connectivity index (χ4n) is 6.63. The summed E-state index contributed by atoms with van der Waals surface area (Å²) in [6, 6.07) is -4.25. The Balaban J connectivity index is 3.81. The van der Waals surface area contributed by atoms with Crippen molar-refractivity contribution in [2.24, 2.45) is 34.4 Å². The second-order valence-electron chi connectivity index (χ2n) is 15.2. The van der Waals surface area contributed by atoms with E-state index in [1.807, 2.05) is 0 Å². The average molecular weight is 1020 g/mol. The van der Waals surface area contributed by atoms with E-state index in [1.54, 1.807) is 70.6 Å². The molecule has 0 aliphatic heterocycles. The third-order valence-corrected chi connectivity index (χ3v) is 19.6. The summed E-state index contributed by atoms with van der Waals surface area (Å²) >= 11 is 9.57. The Morgan fingerprint density at radius 2 is 0.750 bits per heavy atom. The molecule has 1 saturated carbocycles. The minimum absolute atomic E-state index is 0.00529. The van der Waals surface area contributed by atoms with Crippen molar-refractivity contribution in [3.8, 4) is 0 Å². The number of hydrogen-bond acceptors (Lipinski definition) is 24. The van der Waals surface area contributed by atoms with Crippen LogP contribution in [0, 0.1) is 0 Å². The predicted octanol–water partition coefficient (Wildman–Crippen LogP) is 1.86. The van der Waals surface area contributed by atoms with Crippen LogP contribution in [0.5, 0.6) is 0 Å². The quantitative estimate of drug-likeness (QED) is 0.0457. The summed E-state index contributed by atoms with van der Waals surface area (Å²) in [4.78, 5) is 73.9. The molecule has 0 saturated heterocycles. The lowest BCUT2D eigenvalue weighted by Crippen LogP contribution is -2.38. The third kappa shape index (κ3) is 25.2. The van der Waals surface area contributed by atoms with E-state index in [0.29, 0.717) is 35.2 Å². The van der Waals surface area contributed by atoms with E-state index in [-0.39, 0.29) is 37.3 Å². The second-order valence-corrected chi connectivity index (χ2v) is 23.0. The topological polar surface area (TPSA) is 314 Å². The molecule has 0 heterocycles. The molecule has 1 fully saturated rings. The van der Waals surface area contributed by atoms with Crippen LogP contribution in [0.2, 0.25) is 0 Å². The predicted molar refractivity (Wildman–Crippen MR) is 263 cm³/mol. The van der Waals surface area contributed by atoms with Gasteiger partial charge in [0.05, 0.1) is 35.5 Å². The second kappa shape index (κ2) is 34.9. The van der Waals surface area contributed by atoms with E-state index in [4.69, 9.17) is 62.8 Å². The molecule has 0 aromatic heterocycles. The normalized spacial score (nSPS) is 24.4. The van der Waals surface area contributed by atoms with Crippen molar-refractivity contribution in [1.29, 1.82) is 0 Å². The first kappa shape index (κ1) is 60.7. The number of thioether (sulfide) groups is 6. The van der Waals surface area contributed by atoms with Gasteiger partial charge in [0.2, 0.25) is 0 Å². The molecule has 0 radical (unpaired) electrons. The number of methoxy groups -OCH3 is 5. The molecule has 1 aliphatic carbocycles. The first-order valence-electron chi connectivity index (χ1n) is 21.2. The molecule has 0 amide bonds. The fourth-order valence-corrected chi connectivity index (χ4v) is 15.2. The largest absolute Gasteiger partial charge is 0.468 e.